The largest absolute Gasteiger partial charge is 0.253 e. The number of hydrogen-bond acceptors (Lipinski definition) is 4. The molecule has 0 saturated heterocycles. The summed E-state index contributed by atoms with van der Waals surface area (Å²) in [5.74, 6) is 0.520. The Morgan fingerprint density at radius 3 is 2.62 bits per heavy atom. The predicted octanol–water partition coefficient (Wildman–Crippen LogP) is 1.43. The lowest BCUT2D eigenvalue weighted by atomic mass is 10.2. The lowest BCUT2D eigenvalue weighted by Crippen LogP contribution is -2.25. The Morgan fingerprint density at radius 2 is 2.00 bits per heavy atom. The van der Waals surface area contributed by atoms with E-state index in [1.54, 1.807) is 41.3 Å². The van der Waals surface area contributed by atoms with Gasteiger partial charge in [-0.3, -0.25) is 4.68 Å². The van der Waals surface area contributed by atoms with Gasteiger partial charge in [-0.2, -0.15) is 0 Å². The Kier molecular flexibility index (Phi) is 5.72. The van der Waals surface area contributed by atoms with Crippen LogP contribution < -0.4 is 4.72 Å². The molecule has 0 aliphatic rings. The van der Waals surface area contributed by atoms with Gasteiger partial charge in [0.1, 0.15) is 0 Å². The van der Waals surface area contributed by atoms with Crippen LogP contribution in [0, 0.1) is 0 Å². The number of aromatic nitrogens is 3. The lowest BCUT2D eigenvalue weighted by molar-refractivity contribution is 0.542. The van der Waals surface area contributed by atoms with Gasteiger partial charge in [-0.15, -0.1) is 16.7 Å². The summed E-state index contributed by atoms with van der Waals surface area (Å²) in [7, 11) is -3.46. The number of halogens is 1. The van der Waals surface area contributed by atoms with Gasteiger partial charge in [0, 0.05) is 25.2 Å². The number of aryl methyl sites for hydroxylation is 2. The average molecular weight is 329 g/mol. The number of benzene rings is 1. The summed E-state index contributed by atoms with van der Waals surface area (Å²) < 4.78 is 28.4. The van der Waals surface area contributed by atoms with E-state index in [9.17, 15) is 8.42 Å². The van der Waals surface area contributed by atoms with Crippen molar-refractivity contribution >= 4 is 21.6 Å². The van der Waals surface area contributed by atoms with Gasteiger partial charge < -0.3 is 0 Å². The van der Waals surface area contributed by atoms with E-state index in [1.165, 1.54) is 0 Å². The first-order chi connectivity index (χ1) is 10.1. The molecule has 0 unspecified atom stereocenters. The highest BCUT2D eigenvalue weighted by Crippen LogP contribution is 2.11. The van der Waals surface area contributed by atoms with Crippen LogP contribution in [0.25, 0.3) is 0 Å². The molecule has 8 heteroatoms. The summed E-state index contributed by atoms with van der Waals surface area (Å²) in [4.78, 5) is 0.265. The van der Waals surface area contributed by atoms with Crippen LogP contribution in [-0.4, -0.2) is 35.8 Å². The monoisotopic (exact) mass is 328 g/mol. The molecule has 1 aromatic carbocycles. The second-order valence-electron chi connectivity index (χ2n) is 4.50. The second-order valence-corrected chi connectivity index (χ2v) is 6.65. The van der Waals surface area contributed by atoms with E-state index in [0.717, 1.165) is 12.0 Å². The first-order valence-electron chi connectivity index (χ1n) is 6.60. The smallest absolute Gasteiger partial charge is 0.240 e. The Bertz CT molecular complexity index is 641. The summed E-state index contributed by atoms with van der Waals surface area (Å²) in [5.41, 5.74) is 1.02. The minimum Gasteiger partial charge on any atom is -0.253 e. The molecule has 0 radical (unpaired) electrons. The summed E-state index contributed by atoms with van der Waals surface area (Å²) in [6, 6.07) is 6.77. The van der Waals surface area contributed by atoms with Gasteiger partial charge in [-0.05, 0) is 30.5 Å². The molecule has 21 heavy (non-hydrogen) atoms. The third-order valence-corrected chi connectivity index (χ3v) is 4.61. The van der Waals surface area contributed by atoms with E-state index < -0.39 is 10.0 Å². The Labute approximate surface area is 129 Å². The molecule has 114 valence electrons. The highest BCUT2D eigenvalue weighted by Gasteiger charge is 2.12. The maximum absolute atomic E-state index is 12.1. The van der Waals surface area contributed by atoms with Crippen molar-refractivity contribution in [2.45, 2.75) is 24.3 Å². The van der Waals surface area contributed by atoms with Crippen LogP contribution in [0.4, 0.5) is 0 Å². The molecule has 0 saturated carbocycles. The van der Waals surface area contributed by atoms with E-state index >= 15 is 0 Å². The van der Waals surface area contributed by atoms with Gasteiger partial charge in [0.2, 0.25) is 10.0 Å². The van der Waals surface area contributed by atoms with Crippen molar-refractivity contribution in [2.24, 2.45) is 0 Å². The molecule has 0 bridgehead atoms. The predicted molar refractivity (Wildman–Crippen MR) is 80.7 cm³/mol. The Hall–Kier alpha value is -1.44. The van der Waals surface area contributed by atoms with Gasteiger partial charge in [0.25, 0.3) is 0 Å². The molecule has 1 heterocycles. The molecule has 6 nitrogen and oxygen atoms in total. The normalized spacial score (nSPS) is 11.7. The zero-order valence-corrected chi connectivity index (χ0v) is 13.0. The van der Waals surface area contributed by atoms with Gasteiger partial charge in [0.15, 0.2) is 0 Å². The third-order valence-electron chi connectivity index (χ3n) is 2.94. The van der Waals surface area contributed by atoms with Crippen molar-refractivity contribution in [2.75, 3.05) is 12.4 Å². The summed E-state index contributed by atoms with van der Waals surface area (Å²) in [5, 5.41) is 7.50. The average Bonchev–Trinajstić information content (AvgIpc) is 2.98. The van der Waals surface area contributed by atoms with Gasteiger partial charge in [0.05, 0.1) is 11.1 Å². The lowest BCUT2D eigenvalue weighted by Gasteiger charge is -2.07. The minimum absolute atomic E-state index is 0.265. The minimum atomic E-state index is -3.46. The first kappa shape index (κ1) is 15.9. The van der Waals surface area contributed by atoms with Crippen LogP contribution in [0.5, 0.6) is 0 Å². The summed E-state index contributed by atoms with van der Waals surface area (Å²) in [6.45, 7) is 0.975. The van der Waals surface area contributed by atoms with Crippen LogP contribution >= 0.6 is 11.6 Å². The molecule has 0 fully saturated rings. The van der Waals surface area contributed by atoms with E-state index in [-0.39, 0.29) is 4.90 Å². The molecule has 0 aliphatic carbocycles. The molecular formula is C13H17ClN4O2S. The van der Waals surface area contributed by atoms with E-state index in [2.05, 4.69) is 15.0 Å². The van der Waals surface area contributed by atoms with Gasteiger partial charge in [-0.25, -0.2) is 13.1 Å². The number of sulfonamides is 1. The van der Waals surface area contributed by atoms with E-state index in [1.807, 2.05) is 0 Å². The maximum Gasteiger partial charge on any atom is 0.240 e. The zero-order chi connectivity index (χ0) is 15.1. The topological polar surface area (TPSA) is 76.9 Å². The molecule has 0 amide bonds. The fourth-order valence-corrected chi connectivity index (χ4v) is 3.12. The second kappa shape index (κ2) is 7.53. The first-order valence-corrected chi connectivity index (χ1v) is 8.62. The molecule has 1 aromatic heterocycles. The highest BCUT2D eigenvalue weighted by molar-refractivity contribution is 7.89. The fraction of sp³-hybridized carbons (Fsp3) is 0.385. The van der Waals surface area contributed by atoms with Crippen molar-refractivity contribution in [3.8, 4) is 0 Å². The number of hydrogen-bond donors (Lipinski definition) is 1. The molecule has 0 aliphatic heterocycles. The van der Waals surface area contributed by atoms with Crippen LogP contribution in [-0.2, 0) is 23.0 Å². The number of nitrogens with zero attached hydrogens (tertiary/aromatic N) is 3. The molecule has 2 rings (SSSR count). The maximum atomic E-state index is 12.1. The molecule has 2 aromatic rings. The van der Waals surface area contributed by atoms with Crippen LogP contribution in [0.1, 0.15) is 12.0 Å². The summed E-state index contributed by atoms with van der Waals surface area (Å²) >= 11 is 5.65. The Morgan fingerprint density at radius 1 is 1.24 bits per heavy atom. The van der Waals surface area contributed by atoms with Crippen molar-refractivity contribution in [3.05, 3.63) is 42.2 Å². The van der Waals surface area contributed by atoms with E-state index in [4.69, 9.17) is 11.6 Å². The number of alkyl halides is 1. The van der Waals surface area contributed by atoms with Gasteiger partial charge in [-0.1, -0.05) is 17.3 Å². The Balaban J connectivity index is 1.85. The van der Waals surface area contributed by atoms with Crippen molar-refractivity contribution in [1.82, 2.24) is 19.7 Å². The van der Waals surface area contributed by atoms with Crippen molar-refractivity contribution < 1.29 is 8.42 Å². The zero-order valence-electron chi connectivity index (χ0n) is 11.4. The molecular weight excluding hydrogens is 312 g/mol. The standard InChI is InChI=1S/C13H17ClN4O2S/c14-7-6-12-2-4-13(5-3-12)21(19,20)16-8-1-10-18-11-9-15-17-18/h2-5,9,11,16H,1,6-8,10H2. The van der Waals surface area contributed by atoms with Crippen LogP contribution in [0.3, 0.4) is 0 Å². The molecule has 0 spiro atoms. The summed E-state index contributed by atoms with van der Waals surface area (Å²) in [6.07, 6.45) is 4.71. The SMILES string of the molecule is O=S(=O)(NCCCn1ccnn1)c1ccc(CCCl)cc1. The molecule has 0 atom stereocenters. The highest BCUT2D eigenvalue weighted by atomic mass is 35.5. The third kappa shape index (κ3) is 4.80. The van der Waals surface area contributed by atoms with Crippen molar-refractivity contribution in [3.63, 3.8) is 0 Å². The fourth-order valence-electron chi connectivity index (χ4n) is 1.83. The number of rotatable bonds is 8. The quantitative estimate of drug-likeness (QED) is 0.587. The van der Waals surface area contributed by atoms with Gasteiger partial charge >= 0.3 is 0 Å². The number of nitrogens with one attached hydrogen (secondary N) is 1. The van der Waals surface area contributed by atoms with Crippen molar-refractivity contribution in [1.29, 1.82) is 0 Å². The van der Waals surface area contributed by atoms with E-state index in [0.29, 0.717) is 25.4 Å². The van der Waals surface area contributed by atoms with Crippen LogP contribution in [0.2, 0.25) is 0 Å². The van der Waals surface area contributed by atoms with Crippen LogP contribution in [0.15, 0.2) is 41.6 Å². The molecule has 1 N–H and O–H groups in total.